The van der Waals surface area contributed by atoms with Gasteiger partial charge in [0.15, 0.2) is 0 Å². The normalized spacial score (nSPS) is 9.81. The van der Waals surface area contributed by atoms with E-state index in [-0.39, 0.29) is 5.82 Å². The lowest BCUT2D eigenvalue weighted by atomic mass is 10.2. The van der Waals surface area contributed by atoms with Crippen LogP contribution in [0, 0.1) is 18.3 Å². The summed E-state index contributed by atoms with van der Waals surface area (Å²) < 4.78 is 4.64. The Morgan fingerprint density at radius 3 is 2.71 bits per heavy atom. The molecule has 106 valence electrons. The number of ether oxygens (including phenoxy) is 1. The van der Waals surface area contributed by atoms with Gasteiger partial charge in [-0.15, -0.1) is 0 Å². The van der Waals surface area contributed by atoms with Gasteiger partial charge in [-0.1, -0.05) is 12.1 Å². The number of para-hydroxylation sites is 1. The number of rotatable bonds is 3. The van der Waals surface area contributed by atoms with Crippen LogP contribution in [0.1, 0.15) is 21.9 Å². The number of aryl methyl sites for hydroxylation is 1. The maximum atomic E-state index is 11.6. The third-order valence-electron chi connectivity index (χ3n) is 2.94. The van der Waals surface area contributed by atoms with Gasteiger partial charge < -0.3 is 9.64 Å². The van der Waals surface area contributed by atoms with E-state index in [0.29, 0.717) is 22.8 Å². The molecule has 2 rings (SSSR count). The molecule has 0 saturated heterocycles. The van der Waals surface area contributed by atoms with Crippen molar-refractivity contribution in [2.45, 2.75) is 6.92 Å². The maximum absolute atomic E-state index is 11.6. The molecule has 0 radical (unpaired) electrons. The van der Waals surface area contributed by atoms with E-state index in [1.54, 1.807) is 37.1 Å². The molecule has 1 aromatic heterocycles. The van der Waals surface area contributed by atoms with Crippen molar-refractivity contribution >= 4 is 17.5 Å². The molecule has 0 N–H and O–H groups in total. The quantitative estimate of drug-likeness (QED) is 0.803. The van der Waals surface area contributed by atoms with Crippen LogP contribution in [0.5, 0.6) is 0 Å². The molecule has 0 aliphatic rings. The van der Waals surface area contributed by atoms with Crippen molar-refractivity contribution in [1.82, 2.24) is 9.97 Å². The molecule has 1 heterocycles. The van der Waals surface area contributed by atoms with Gasteiger partial charge in [0.05, 0.1) is 18.4 Å². The predicted molar refractivity (Wildman–Crippen MR) is 77.3 cm³/mol. The molecule has 6 heteroatoms. The summed E-state index contributed by atoms with van der Waals surface area (Å²) in [6, 6.07) is 11.0. The molecule has 0 bridgehead atoms. The average molecular weight is 282 g/mol. The van der Waals surface area contributed by atoms with Crippen LogP contribution in [0.15, 0.2) is 30.3 Å². The van der Waals surface area contributed by atoms with E-state index in [1.807, 2.05) is 12.1 Å². The van der Waals surface area contributed by atoms with Gasteiger partial charge in [0.1, 0.15) is 11.9 Å². The van der Waals surface area contributed by atoms with E-state index >= 15 is 0 Å². The number of nitriles is 1. The van der Waals surface area contributed by atoms with Crippen LogP contribution < -0.4 is 4.90 Å². The highest BCUT2D eigenvalue weighted by Gasteiger charge is 2.15. The minimum Gasteiger partial charge on any atom is -0.463 e. The fourth-order valence-electron chi connectivity index (χ4n) is 1.89. The van der Waals surface area contributed by atoms with Crippen LogP contribution >= 0.6 is 0 Å². The zero-order chi connectivity index (χ0) is 15.4. The summed E-state index contributed by atoms with van der Waals surface area (Å²) in [5.41, 5.74) is 1.87. The molecule has 0 aliphatic heterocycles. The molecule has 0 saturated carbocycles. The minimum absolute atomic E-state index is 0.00575. The Hall–Kier alpha value is -2.94. The first-order valence-electron chi connectivity index (χ1n) is 6.23. The molecular formula is C15H14N4O2. The van der Waals surface area contributed by atoms with Gasteiger partial charge in [-0.05, 0) is 19.1 Å². The van der Waals surface area contributed by atoms with E-state index in [9.17, 15) is 4.79 Å². The third-order valence-corrected chi connectivity index (χ3v) is 2.94. The Morgan fingerprint density at radius 1 is 1.33 bits per heavy atom. The average Bonchev–Trinajstić information content (AvgIpc) is 2.52. The second-order valence-electron chi connectivity index (χ2n) is 4.37. The van der Waals surface area contributed by atoms with Crippen LogP contribution in [0.2, 0.25) is 0 Å². The fraction of sp³-hybridized carbons (Fsp3) is 0.200. The number of aromatic nitrogens is 2. The van der Waals surface area contributed by atoms with Gasteiger partial charge in [0.25, 0.3) is 0 Å². The lowest BCUT2D eigenvalue weighted by molar-refractivity contribution is 0.0586. The Kier molecular flexibility index (Phi) is 4.14. The van der Waals surface area contributed by atoms with Gasteiger partial charge in [0, 0.05) is 18.8 Å². The Bertz CT molecular complexity index is 722. The number of nitrogens with zero attached hydrogens (tertiary/aromatic N) is 4. The number of hydrogen-bond donors (Lipinski definition) is 0. The minimum atomic E-state index is -0.595. The summed E-state index contributed by atoms with van der Waals surface area (Å²) in [6.07, 6.45) is 0. The molecule has 0 unspecified atom stereocenters. The van der Waals surface area contributed by atoms with Crippen molar-refractivity contribution in [3.05, 3.63) is 47.4 Å². The SMILES string of the molecule is COC(=O)c1nc(C)cc(N(C)c2ccccc2C#N)n1. The van der Waals surface area contributed by atoms with E-state index in [1.165, 1.54) is 7.11 Å². The molecule has 1 aromatic carbocycles. The monoisotopic (exact) mass is 282 g/mol. The number of hydrogen-bond acceptors (Lipinski definition) is 6. The molecule has 2 aromatic rings. The van der Waals surface area contributed by atoms with Crippen molar-refractivity contribution in [3.8, 4) is 6.07 Å². The number of methoxy groups -OCH3 is 1. The van der Waals surface area contributed by atoms with Crippen LogP contribution in [0.4, 0.5) is 11.5 Å². The fourth-order valence-corrected chi connectivity index (χ4v) is 1.89. The summed E-state index contributed by atoms with van der Waals surface area (Å²) in [7, 11) is 3.06. The van der Waals surface area contributed by atoms with Crippen LogP contribution in [-0.2, 0) is 4.74 Å². The topological polar surface area (TPSA) is 79.1 Å². The van der Waals surface area contributed by atoms with Crippen molar-refractivity contribution in [1.29, 1.82) is 5.26 Å². The highest BCUT2D eigenvalue weighted by atomic mass is 16.5. The predicted octanol–water partition coefficient (Wildman–Crippen LogP) is 2.21. The maximum Gasteiger partial charge on any atom is 0.376 e. The first kappa shape index (κ1) is 14.5. The number of carbonyl (C=O) groups excluding carboxylic acids is 1. The lowest BCUT2D eigenvalue weighted by Gasteiger charge is -2.20. The molecule has 0 aliphatic carbocycles. The zero-order valence-corrected chi connectivity index (χ0v) is 12.0. The molecular weight excluding hydrogens is 268 g/mol. The highest BCUT2D eigenvalue weighted by molar-refractivity contribution is 5.85. The van der Waals surface area contributed by atoms with Gasteiger partial charge in [0.2, 0.25) is 5.82 Å². The largest absolute Gasteiger partial charge is 0.463 e. The van der Waals surface area contributed by atoms with Gasteiger partial charge in [-0.3, -0.25) is 0 Å². The Morgan fingerprint density at radius 2 is 2.05 bits per heavy atom. The van der Waals surface area contributed by atoms with Crippen LogP contribution in [0.25, 0.3) is 0 Å². The molecule has 0 amide bonds. The first-order chi connectivity index (χ1) is 10.1. The van der Waals surface area contributed by atoms with Crippen molar-refractivity contribution in [2.75, 3.05) is 19.1 Å². The van der Waals surface area contributed by atoms with Gasteiger partial charge in [-0.2, -0.15) is 5.26 Å². The molecule has 0 fully saturated rings. The van der Waals surface area contributed by atoms with Crippen LogP contribution in [-0.4, -0.2) is 30.1 Å². The number of anilines is 2. The standard InChI is InChI=1S/C15H14N4O2/c1-10-8-13(18-14(17-10)15(20)21-3)19(2)12-7-5-4-6-11(12)9-16/h4-8H,1-3H3. The van der Waals surface area contributed by atoms with Gasteiger partial charge in [-0.25, -0.2) is 14.8 Å². The van der Waals surface area contributed by atoms with E-state index in [4.69, 9.17) is 5.26 Å². The molecule has 0 spiro atoms. The molecule has 0 atom stereocenters. The van der Waals surface area contributed by atoms with Crippen molar-refractivity contribution in [2.24, 2.45) is 0 Å². The second-order valence-corrected chi connectivity index (χ2v) is 4.37. The van der Waals surface area contributed by atoms with E-state index in [2.05, 4.69) is 20.8 Å². The lowest BCUT2D eigenvalue weighted by Crippen LogP contribution is -2.16. The highest BCUT2D eigenvalue weighted by Crippen LogP contribution is 2.25. The Balaban J connectivity index is 2.49. The summed E-state index contributed by atoms with van der Waals surface area (Å²) in [6.45, 7) is 1.77. The summed E-state index contributed by atoms with van der Waals surface area (Å²) in [5, 5.41) is 9.17. The zero-order valence-electron chi connectivity index (χ0n) is 12.0. The van der Waals surface area contributed by atoms with Crippen molar-refractivity contribution < 1.29 is 9.53 Å². The van der Waals surface area contributed by atoms with Gasteiger partial charge >= 0.3 is 5.97 Å². The van der Waals surface area contributed by atoms with E-state index in [0.717, 1.165) is 0 Å². The number of esters is 1. The molecule has 6 nitrogen and oxygen atoms in total. The van der Waals surface area contributed by atoms with E-state index < -0.39 is 5.97 Å². The van der Waals surface area contributed by atoms with Crippen LogP contribution in [0.3, 0.4) is 0 Å². The van der Waals surface area contributed by atoms with Crippen molar-refractivity contribution in [3.63, 3.8) is 0 Å². The second kappa shape index (κ2) is 6.01. The third kappa shape index (κ3) is 2.98. The molecule has 21 heavy (non-hydrogen) atoms. The number of benzene rings is 1. The smallest absolute Gasteiger partial charge is 0.376 e. The summed E-state index contributed by atoms with van der Waals surface area (Å²) in [5.74, 6) is -0.0821. The first-order valence-corrected chi connectivity index (χ1v) is 6.23. The Labute approximate surface area is 122 Å². The number of carbonyl (C=O) groups is 1. The summed E-state index contributed by atoms with van der Waals surface area (Å²) in [4.78, 5) is 21.6. The summed E-state index contributed by atoms with van der Waals surface area (Å²) >= 11 is 0.